The zero-order chi connectivity index (χ0) is 20.5. The Labute approximate surface area is 178 Å². The highest BCUT2D eigenvalue weighted by Crippen LogP contribution is 2.23. The van der Waals surface area contributed by atoms with Crippen LogP contribution in [0.1, 0.15) is 11.4 Å². The second-order valence-electron chi connectivity index (χ2n) is 7.18. The number of nitrogens with zero attached hydrogens (tertiary/aromatic N) is 4. The molecule has 0 radical (unpaired) electrons. The second kappa shape index (κ2) is 7.80. The SMILES string of the molecule is Cn1c(Cn2c3ccccc3c(=O)c3ccccc32)nnc1SCc1ccccc1. The van der Waals surface area contributed by atoms with E-state index in [-0.39, 0.29) is 5.43 Å². The first-order chi connectivity index (χ1) is 14.7. The third-order valence-corrected chi connectivity index (χ3v) is 6.41. The molecular weight excluding hydrogens is 392 g/mol. The quantitative estimate of drug-likeness (QED) is 0.312. The summed E-state index contributed by atoms with van der Waals surface area (Å²) in [6, 6.07) is 25.8. The summed E-state index contributed by atoms with van der Waals surface area (Å²) in [6.45, 7) is 0.538. The van der Waals surface area contributed by atoms with E-state index >= 15 is 0 Å². The first kappa shape index (κ1) is 18.6. The molecule has 5 aromatic rings. The molecule has 0 amide bonds. The van der Waals surface area contributed by atoms with E-state index in [1.165, 1.54) is 5.56 Å². The van der Waals surface area contributed by atoms with Crippen LogP contribution in [0.2, 0.25) is 0 Å². The van der Waals surface area contributed by atoms with Gasteiger partial charge < -0.3 is 9.13 Å². The van der Waals surface area contributed by atoms with Crippen molar-refractivity contribution in [2.24, 2.45) is 7.05 Å². The lowest BCUT2D eigenvalue weighted by Crippen LogP contribution is -2.14. The fraction of sp³-hybridized carbons (Fsp3) is 0.125. The van der Waals surface area contributed by atoms with Crippen molar-refractivity contribution in [3.63, 3.8) is 0 Å². The standard InChI is InChI=1S/C24H20N4OS/c1-27-22(25-26-24(27)30-16-17-9-3-2-4-10-17)15-28-20-13-7-5-11-18(20)23(29)19-12-6-8-14-21(19)28/h2-14H,15-16H2,1H3. The molecule has 0 atom stereocenters. The van der Waals surface area contributed by atoms with E-state index in [4.69, 9.17) is 0 Å². The van der Waals surface area contributed by atoms with Crippen LogP contribution in [0.3, 0.4) is 0 Å². The number of benzene rings is 3. The van der Waals surface area contributed by atoms with Gasteiger partial charge in [0.1, 0.15) is 0 Å². The normalized spacial score (nSPS) is 11.4. The molecule has 0 fully saturated rings. The topological polar surface area (TPSA) is 52.7 Å². The van der Waals surface area contributed by atoms with Gasteiger partial charge in [-0.15, -0.1) is 10.2 Å². The minimum Gasteiger partial charge on any atom is -0.333 e. The van der Waals surface area contributed by atoms with Crippen molar-refractivity contribution in [3.8, 4) is 0 Å². The van der Waals surface area contributed by atoms with E-state index in [1.807, 2.05) is 78.3 Å². The Morgan fingerprint density at radius 3 is 2.07 bits per heavy atom. The summed E-state index contributed by atoms with van der Waals surface area (Å²) in [5.41, 5.74) is 3.13. The summed E-state index contributed by atoms with van der Waals surface area (Å²) in [7, 11) is 2.00. The average Bonchev–Trinajstić information content (AvgIpc) is 3.15. The van der Waals surface area contributed by atoms with Crippen molar-refractivity contribution in [3.05, 3.63) is 100 Å². The molecule has 0 N–H and O–H groups in total. The van der Waals surface area contributed by atoms with Gasteiger partial charge in [-0.2, -0.15) is 0 Å². The lowest BCUT2D eigenvalue weighted by atomic mass is 10.1. The van der Waals surface area contributed by atoms with Crippen LogP contribution in [-0.2, 0) is 19.3 Å². The summed E-state index contributed by atoms with van der Waals surface area (Å²) >= 11 is 1.67. The Kier molecular flexibility index (Phi) is 4.85. The maximum atomic E-state index is 12.9. The molecule has 0 unspecified atom stereocenters. The van der Waals surface area contributed by atoms with Crippen LogP contribution in [0.4, 0.5) is 0 Å². The smallest absolute Gasteiger partial charge is 0.197 e. The van der Waals surface area contributed by atoms with Gasteiger partial charge in [-0.05, 0) is 29.8 Å². The molecule has 148 valence electrons. The zero-order valence-corrected chi connectivity index (χ0v) is 17.3. The van der Waals surface area contributed by atoms with E-state index in [9.17, 15) is 4.79 Å². The third-order valence-electron chi connectivity index (χ3n) is 5.31. The fourth-order valence-corrected chi connectivity index (χ4v) is 4.61. The Hall–Kier alpha value is -3.38. The molecule has 0 spiro atoms. The van der Waals surface area contributed by atoms with Gasteiger partial charge in [-0.25, -0.2) is 0 Å². The Morgan fingerprint density at radius 1 is 0.800 bits per heavy atom. The minimum atomic E-state index is 0.0644. The van der Waals surface area contributed by atoms with E-state index in [0.29, 0.717) is 6.54 Å². The first-order valence-corrected chi connectivity index (χ1v) is 10.8. The molecule has 0 saturated heterocycles. The first-order valence-electron chi connectivity index (χ1n) is 9.77. The monoisotopic (exact) mass is 412 g/mol. The molecule has 2 heterocycles. The summed E-state index contributed by atoms with van der Waals surface area (Å²) < 4.78 is 4.19. The predicted octanol–water partition coefficient (Wildman–Crippen LogP) is 4.62. The summed E-state index contributed by atoms with van der Waals surface area (Å²) in [5, 5.41) is 11.2. The van der Waals surface area contributed by atoms with Gasteiger partial charge in [0.05, 0.1) is 17.6 Å². The molecule has 2 aromatic heterocycles. The lowest BCUT2D eigenvalue weighted by Gasteiger charge is -2.15. The molecule has 0 aliphatic carbocycles. The van der Waals surface area contributed by atoms with Crippen LogP contribution in [0.15, 0.2) is 88.8 Å². The Bertz CT molecular complexity index is 1350. The second-order valence-corrected chi connectivity index (χ2v) is 8.12. The van der Waals surface area contributed by atoms with Gasteiger partial charge in [0.15, 0.2) is 16.4 Å². The Balaban J connectivity index is 1.54. The van der Waals surface area contributed by atoms with Crippen molar-refractivity contribution >= 4 is 33.6 Å². The van der Waals surface area contributed by atoms with Gasteiger partial charge in [0.25, 0.3) is 0 Å². The Morgan fingerprint density at radius 2 is 1.40 bits per heavy atom. The summed E-state index contributed by atoms with van der Waals surface area (Å²) in [4.78, 5) is 12.9. The molecule has 3 aromatic carbocycles. The highest BCUT2D eigenvalue weighted by atomic mass is 32.2. The van der Waals surface area contributed by atoms with Gasteiger partial charge >= 0.3 is 0 Å². The van der Waals surface area contributed by atoms with Gasteiger partial charge in [0.2, 0.25) is 0 Å². The fourth-order valence-electron chi connectivity index (χ4n) is 3.72. The van der Waals surface area contributed by atoms with E-state index in [2.05, 4.69) is 26.9 Å². The molecule has 6 heteroatoms. The van der Waals surface area contributed by atoms with E-state index in [1.54, 1.807) is 11.8 Å². The van der Waals surface area contributed by atoms with E-state index in [0.717, 1.165) is 38.5 Å². The zero-order valence-electron chi connectivity index (χ0n) is 16.5. The van der Waals surface area contributed by atoms with Crippen LogP contribution >= 0.6 is 11.8 Å². The van der Waals surface area contributed by atoms with Gasteiger partial charge in [-0.1, -0.05) is 66.4 Å². The largest absolute Gasteiger partial charge is 0.333 e. The van der Waals surface area contributed by atoms with Crippen molar-refractivity contribution < 1.29 is 0 Å². The highest BCUT2D eigenvalue weighted by molar-refractivity contribution is 7.98. The van der Waals surface area contributed by atoms with Crippen LogP contribution in [0.5, 0.6) is 0 Å². The predicted molar refractivity (Wildman–Crippen MR) is 122 cm³/mol. The third kappa shape index (κ3) is 3.29. The highest BCUT2D eigenvalue weighted by Gasteiger charge is 2.14. The van der Waals surface area contributed by atoms with Crippen molar-refractivity contribution in [1.29, 1.82) is 0 Å². The van der Waals surface area contributed by atoms with Gasteiger partial charge in [0, 0.05) is 23.6 Å². The maximum Gasteiger partial charge on any atom is 0.197 e. The number of pyridine rings is 1. The minimum absolute atomic E-state index is 0.0644. The number of rotatable bonds is 5. The number of fused-ring (bicyclic) bond motifs is 2. The average molecular weight is 413 g/mol. The van der Waals surface area contributed by atoms with Crippen LogP contribution in [0.25, 0.3) is 21.8 Å². The molecule has 0 aliphatic heterocycles. The van der Waals surface area contributed by atoms with Crippen molar-refractivity contribution in [1.82, 2.24) is 19.3 Å². The number of hydrogen-bond donors (Lipinski definition) is 0. The van der Waals surface area contributed by atoms with Crippen LogP contribution in [0, 0.1) is 0 Å². The number of hydrogen-bond acceptors (Lipinski definition) is 4. The van der Waals surface area contributed by atoms with Crippen LogP contribution < -0.4 is 5.43 Å². The number of aromatic nitrogens is 4. The van der Waals surface area contributed by atoms with E-state index < -0.39 is 0 Å². The molecule has 5 rings (SSSR count). The van der Waals surface area contributed by atoms with Gasteiger partial charge in [-0.3, -0.25) is 4.79 Å². The number of para-hydroxylation sites is 2. The summed E-state index contributed by atoms with van der Waals surface area (Å²) in [6.07, 6.45) is 0. The van der Waals surface area contributed by atoms with Crippen molar-refractivity contribution in [2.75, 3.05) is 0 Å². The maximum absolute atomic E-state index is 12.9. The molecule has 0 saturated carbocycles. The molecule has 30 heavy (non-hydrogen) atoms. The molecule has 0 bridgehead atoms. The van der Waals surface area contributed by atoms with Crippen molar-refractivity contribution in [2.45, 2.75) is 17.5 Å². The number of thioether (sulfide) groups is 1. The summed E-state index contributed by atoms with van der Waals surface area (Å²) in [5.74, 6) is 1.70. The lowest BCUT2D eigenvalue weighted by molar-refractivity contribution is 0.696. The molecule has 5 nitrogen and oxygen atoms in total. The molecular formula is C24H20N4OS. The molecule has 0 aliphatic rings. The van der Waals surface area contributed by atoms with Crippen LogP contribution in [-0.4, -0.2) is 19.3 Å².